The number of urea groups is 1. The lowest BCUT2D eigenvalue weighted by molar-refractivity contribution is -0.115. The molecule has 0 fully saturated rings. The number of nitrogens with one attached hydrogen (secondary N) is 3. The highest BCUT2D eigenvalue weighted by Gasteiger charge is 2.15. The van der Waals surface area contributed by atoms with Gasteiger partial charge in [-0.05, 0) is 49.4 Å². The highest BCUT2D eigenvalue weighted by atomic mass is 16.4. The Morgan fingerprint density at radius 1 is 0.781 bits per heavy atom. The molecule has 4 aromatic rings. The number of carbonyl (C=O) groups excluding carboxylic acids is 2. The number of oxazole rings is 1. The molecule has 7 heteroatoms. The smallest absolute Gasteiger partial charge is 0.323 e. The third-order valence-electron chi connectivity index (χ3n) is 4.68. The minimum Gasteiger partial charge on any atom is -0.441 e. The van der Waals surface area contributed by atoms with E-state index in [-0.39, 0.29) is 18.4 Å². The number of benzene rings is 3. The molecule has 0 unspecified atom stereocenters. The van der Waals surface area contributed by atoms with Crippen molar-refractivity contribution < 1.29 is 14.0 Å². The largest absolute Gasteiger partial charge is 0.441 e. The molecule has 0 saturated heterocycles. The molecule has 0 aliphatic carbocycles. The number of aromatic nitrogens is 1. The summed E-state index contributed by atoms with van der Waals surface area (Å²) in [5, 5.41) is 8.34. The van der Waals surface area contributed by atoms with E-state index in [1.807, 2.05) is 48.5 Å². The minimum absolute atomic E-state index is 0.0777. The van der Waals surface area contributed by atoms with Crippen LogP contribution in [0.4, 0.5) is 21.9 Å². The van der Waals surface area contributed by atoms with Crippen molar-refractivity contribution in [3.8, 4) is 11.5 Å². The normalized spacial score (nSPS) is 10.4. The van der Waals surface area contributed by atoms with E-state index in [1.54, 1.807) is 43.3 Å². The summed E-state index contributed by atoms with van der Waals surface area (Å²) in [5.41, 5.74) is 3.25. The Hall–Kier alpha value is -4.39. The van der Waals surface area contributed by atoms with Crippen molar-refractivity contribution >= 4 is 29.0 Å². The third kappa shape index (κ3) is 5.40. The predicted molar refractivity (Wildman–Crippen MR) is 125 cm³/mol. The molecule has 3 N–H and O–H groups in total. The summed E-state index contributed by atoms with van der Waals surface area (Å²) in [6.45, 7) is 1.79. The van der Waals surface area contributed by atoms with Gasteiger partial charge >= 0.3 is 6.03 Å². The van der Waals surface area contributed by atoms with E-state index in [4.69, 9.17) is 4.42 Å². The monoisotopic (exact) mass is 426 g/mol. The first-order valence-corrected chi connectivity index (χ1v) is 10.1. The minimum atomic E-state index is -0.369. The molecule has 32 heavy (non-hydrogen) atoms. The zero-order chi connectivity index (χ0) is 22.3. The average molecular weight is 426 g/mol. The molecule has 3 amide bonds. The van der Waals surface area contributed by atoms with Gasteiger partial charge in [0.1, 0.15) is 5.76 Å². The van der Waals surface area contributed by atoms with E-state index in [2.05, 4.69) is 20.9 Å². The van der Waals surface area contributed by atoms with Crippen molar-refractivity contribution in [3.05, 3.63) is 96.4 Å². The molecule has 0 aliphatic rings. The van der Waals surface area contributed by atoms with Gasteiger partial charge in [0.15, 0.2) is 0 Å². The molecular weight excluding hydrogens is 404 g/mol. The second-order valence-electron chi connectivity index (χ2n) is 7.14. The number of hydrogen-bond donors (Lipinski definition) is 3. The summed E-state index contributed by atoms with van der Waals surface area (Å²) in [7, 11) is 0. The lowest BCUT2D eigenvalue weighted by Crippen LogP contribution is -2.19. The SMILES string of the molecule is Cc1oc(-c2ccccc2)nc1CC(=O)Nc1cccc(NC(=O)Nc2ccccc2)c1. The number of amides is 3. The van der Waals surface area contributed by atoms with E-state index < -0.39 is 0 Å². The van der Waals surface area contributed by atoms with Gasteiger partial charge in [-0.3, -0.25) is 4.79 Å². The topological polar surface area (TPSA) is 96.3 Å². The maximum Gasteiger partial charge on any atom is 0.323 e. The Morgan fingerprint density at radius 2 is 1.38 bits per heavy atom. The summed E-state index contributed by atoms with van der Waals surface area (Å²) >= 11 is 0. The lowest BCUT2D eigenvalue weighted by atomic mass is 10.2. The van der Waals surface area contributed by atoms with Crippen LogP contribution in [0.3, 0.4) is 0 Å². The van der Waals surface area contributed by atoms with Crippen molar-refractivity contribution in [2.75, 3.05) is 16.0 Å². The fourth-order valence-electron chi connectivity index (χ4n) is 3.14. The highest BCUT2D eigenvalue weighted by Crippen LogP contribution is 2.22. The summed E-state index contributed by atoms with van der Waals surface area (Å²) in [6, 6.07) is 25.3. The second kappa shape index (κ2) is 9.61. The zero-order valence-electron chi connectivity index (χ0n) is 17.5. The second-order valence-corrected chi connectivity index (χ2v) is 7.14. The van der Waals surface area contributed by atoms with Crippen LogP contribution in [0.15, 0.2) is 89.3 Å². The van der Waals surface area contributed by atoms with Crippen LogP contribution in [-0.2, 0) is 11.2 Å². The van der Waals surface area contributed by atoms with Crippen molar-refractivity contribution in [2.45, 2.75) is 13.3 Å². The third-order valence-corrected chi connectivity index (χ3v) is 4.68. The standard InChI is InChI=1S/C25H22N4O3/c1-17-22(29-24(32-17)18-9-4-2-5-10-18)16-23(30)26-20-13-8-14-21(15-20)28-25(31)27-19-11-6-3-7-12-19/h2-15H,16H2,1H3,(H,26,30)(H2,27,28,31). The van der Waals surface area contributed by atoms with Gasteiger partial charge < -0.3 is 20.4 Å². The van der Waals surface area contributed by atoms with Crippen LogP contribution in [0.25, 0.3) is 11.5 Å². The van der Waals surface area contributed by atoms with Crippen LogP contribution in [0.1, 0.15) is 11.5 Å². The number of hydrogen-bond acceptors (Lipinski definition) is 4. The van der Waals surface area contributed by atoms with Gasteiger partial charge in [0.25, 0.3) is 0 Å². The zero-order valence-corrected chi connectivity index (χ0v) is 17.5. The van der Waals surface area contributed by atoms with Gasteiger partial charge in [0.05, 0.1) is 12.1 Å². The molecule has 1 aromatic heterocycles. The molecule has 0 radical (unpaired) electrons. The van der Waals surface area contributed by atoms with Crippen molar-refractivity contribution in [3.63, 3.8) is 0 Å². The first-order chi connectivity index (χ1) is 15.6. The fourth-order valence-corrected chi connectivity index (χ4v) is 3.14. The maximum absolute atomic E-state index is 12.6. The van der Waals surface area contributed by atoms with Gasteiger partial charge in [-0.2, -0.15) is 0 Å². The molecule has 4 rings (SSSR count). The summed E-state index contributed by atoms with van der Waals surface area (Å²) < 4.78 is 5.72. The molecule has 0 spiro atoms. The van der Waals surface area contributed by atoms with Crippen LogP contribution in [-0.4, -0.2) is 16.9 Å². The Labute approximate surface area is 185 Å². The van der Waals surface area contributed by atoms with Crippen LogP contribution in [0.2, 0.25) is 0 Å². The van der Waals surface area contributed by atoms with E-state index in [0.717, 1.165) is 5.56 Å². The molecule has 0 bridgehead atoms. The van der Waals surface area contributed by atoms with E-state index in [0.29, 0.717) is 34.4 Å². The van der Waals surface area contributed by atoms with Gasteiger partial charge in [-0.1, -0.05) is 42.5 Å². The lowest BCUT2D eigenvalue weighted by Gasteiger charge is -2.10. The van der Waals surface area contributed by atoms with Crippen LogP contribution < -0.4 is 16.0 Å². The molecule has 160 valence electrons. The summed E-state index contributed by atoms with van der Waals surface area (Å²) in [6.07, 6.45) is 0.0777. The Bertz CT molecular complexity index is 1220. The van der Waals surface area contributed by atoms with Crippen LogP contribution in [0, 0.1) is 6.92 Å². The highest BCUT2D eigenvalue weighted by molar-refractivity contribution is 6.00. The van der Waals surface area contributed by atoms with E-state index in [1.165, 1.54) is 0 Å². The Morgan fingerprint density at radius 3 is 2.09 bits per heavy atom. The average Bonchev–Trinajstić information content (AvgIpc) is 3.15. The first kappa shape index (κ1) is 20.9. The number of aryl methyl sites for hydroxylation is 1. The van der Waals surface area contributed by atoms with Gasteiger partial charge in [0, 0.05) is 22.6 Å². The molecular formula is C25H22N4O3. The van der Waals surface area contributed by atoms with Crippen molar-refractivity contribution in [2.24, 2.45) is 0 Å². The number of para-hydroxylation sites is 1. The number of rotatable bonds is 6. The summed E-state index contributed by atoms with van der Waals surface area (Å²) in [5.74, 6) is 0.862. The number of carbonyl (C=O) groups is 2. The van der Waals surface area contributed by atoms with Crippen molar-refractivity contribution in [1.82, 2.24) is 4.98 Å². The number of anilines is 3. The first-order valence-electron chi connectivity index (χ1n) is 10.1. The predicted octanol–water partition coefficient (Wildman–Crippen LogP) is 5.48. The molecule has 3 aromatic carbocycles. The molecule has 0 atom stereocenters. The van der Waals surface area contributed by atoms with E-state index in [9.17, 15) is 9.59 Å². The molecule has 7 nitrogen and oxygen atoms in total. The van der Waals surface area contributed by atoms with Gasteiger partial charge in [-0.15, -0.1) is 0 Å². The quantitative estimate of drug-likeness (QED) is 0.381. The Kier molecular flexibility index (Phi) is 6.27. The van der Waals surface area contributed by atoms with Gasteiger partial charge in [-0.25, -0.2) is 9.78 Å². The van der Waals surface area contributed by atoms with Crippen LogP contribution in [0.5, 0.6) is 0 Å². The van der Waals surface area contributed by atoms with E-state index >= 15 is 0 Å². The summed E-state index contributed by atoms with van der Waals surface area (Å²) in [4.78, 5) is 29.2. The Balaban J connectivity index is 1.37. The maximum atomic E-state index is 12.6. The van der Waals surface area contributed by atoms with Gasteiger partial charge in [0.2, 0.25) is 11.8 Å². The number of nitrogens with zero attached hydrogens (tertiary/aromatic N) is 1. The van der Waals surface area contributed by atoms with Crippen LogP contribution >= 0.6 is 0 Å². The van der Waals surface area contributed by atoms with Crippen molar-refractivity contribution in [1.29, 1.82) is 0 Å². The molecule has 1 heterocycles. The fraction of sp³-hybridized carbons (Fsp3) is 0.0800. The molecule has 0 aliphatic heterocycles. The molecule has 0 saturated carbocycles.